The highest BCUT2D eigenvalue weighted by atomic mass is 19.1. The van der Waals surface area contributed by atoms with E-state index in [1.54, 1.807) is 35.2 Å². The number of nitriles is 1. The van der Waals surface area contributed by atoms with Gasteiger partial charge in [-0.3, -0.25) is 0 Å². The molecular weight excluding hydrogens is 333 g/mol. The number of morpholine rings is 1. The lowest BCUT2D eigenvalue weighted by atomic mass is 10.1. The number of amides is 2. The molecule has 1 saturated heterocycles. The fourth-order valence-electron chi connectivity index (χ4n) is 2.98. The predicted octanol–water partition coefficient (Wildman–Crippen LogP) is 3.54. The average molecular weight is 353 g/mol. The molecule has 2 aromatic rings. The van der Waals surface area contributed by atoms with Crippen LogP contribution in [0.4, 0.5) is 9.18 Å². The van der Waals surface area contributed by atoms with Gasteiger partial charge in [-0.2, -0.15) is 5.26 Å². The van der Waals surface area contributed by atoms with Gasteiger partial charge < -0.3 is 15.0 Å². The molecule has 1 N–H and O–H groups in total. The van der Waals surface area contributed by atoms with Crippen LogP contribution in [0, 0.1) is 17.1 Å². The fourth-order valence-corrected chi connectivity index (χ4v) is 2.98. The molecule has 5 nitrogen and oxygen atoms in total. The summed E-state index contributed by atoms with van der Waals surface area (Å²) in [5.41, 5.74) is 2.14. The molecule has 2 aromatic carbocycles. The van der Waals surface area contributed by atoms with Crippen LogP contribution < -0.4 is 5.32 Å². The summed E-state index contributed by atoms with van der Waals surface area (Å²) in [6.07, 6.45) is -0.345. The lowest BCUT2D eigenvalue weighted by Gasteiger charge is -2.34. The van der Waals surface area contributed by atoms with E-state index in [0.717, 1.165) is 11.1 Å². The first-order valence-electron chi connectivity index (χ1n) is 8.49. The highest BCUT2D eigenvalue weighted by molar-refractivity contribution is 5.75. The predicted molar refractivity (Wildman–Crippen MR) is 94.8 cm³/mol. The molecule has 0 spiro atoms. The quantitative estimate of drug-likeness (QED) is 0.918. The minimum atomic E-state index is -0.345. The largest absolute Gasteiger partial charge is 0.370 e. The van der Waals surface area contributed by atoms with Crippen LogP contribution in [0.1, 0.15) is 35.8 Å². The summed E-state index contributed by atoms with van der Waals surface area (Å²) in [5, 5.41) is 11.9. The van der Waals surface area contributed by atoms with Crippen molar-refractivity contribution in [3.8, 4) is 6.07 Å². The zero-order valence-corrected chi connectivity index (χ0v) is 14.5. The molecule has 0 aliphatic carbocycles. The molecule has 1 fully saturated rings. The number of halogens is 1. The van der Waals surface area contributed by atoms with E-state index in [4.69, 9.17) is 10.00 Å². The van der Waals surface area contributed by atoms with Gasteiger partial charge in [0.25, 0.3) is 0 Å². The Bertz CT molecular complexity index is 834. The van der Waals surface area contributed by atoms with Gasteiger partial charge in [0, 0.05) is 6.54 Å². The summed E-state index contributed by atoms with van der Waals surface area (Å²) in [6.45, 7) is 3.11. The molecule has 1 aliphatic rings. The second-order valence-electron chi connectivity index (χ2n) is 6.27. The maximum Gasteiger partial charge on any atom is 0.318 e. The van der Waals surface area contributed by atoms with Gasteiger partial charge in [-0.1, -0.05) is 24.3 Å². The minimum absolute atomic E-state index is 0.204. The molecule has 0 saturated carbocycles. The van der Waals surface area contributed by atoms with E-state index < -0.39 is 0 Å². The van der Waals surface area contributed by atoms with Crippen molar-refractivity contribution in [1.82, 2.24) is 10.2 Å². The summed E-state index contributed by atoms with van der Waals surface area (Å²) in [6, 6.07) is 15.1. The SMILES string of the molecule is C[C@@H](NC(=O)N1CCO[C@@H](c2cccc(F)c2)C1)c1cccc(C#N)c1. The summed E-state index contributed by atoms with van der Waals surface area (Å²) >= 11 is 0. The van der Waals surface area contributed by atoms with E-state index >= 15 is 0 Å². The van der Waals surface area contributed by atoms with E-state index in [9.17, 15) is 9.18 Å². The minimum Gasteiger partial charge on any atom is -0.370 e. The highest BCUT2D eigenvalue weighted by Crippen LogP contribution is 2.23. The molecule has 3 rings (SSSR count). The van der Waals surface area contributed by atoms with Gasteiger partial charge in [0.15, 0.2) is 0 Å². The standard InChI is InChI=1S/C20H20FN3O2/c1-14(16-5-2-4-15(10-16)12-22)23-20(25)24-8-9-26-19(13-24)17-6-3-7-18(21)11-17/h2-7,10-11,14,19H,8-9,13H2,1H3,(H,23,25)/t14-,19-/m1/s1. The first kappa shape index (κ1) is 17.9. The van der Waals surface area contributed by atoms with Crippen LogP contribution in [-0.4, -0.2) is 30.6 Å². The molecule has 0 bridgehead atoms. The number of benzene rings is 2. The van der Waals surface area contributed by atoms with E-state index in [1.807, 2.05) is 13.0 Å². The number of hydrogen-bond acceptors (Lipinski definition) is 3. The van der Waals surface area contributed by atoms with Crippen molar-refractivity contribution in [3.63, 3.8) is 0 Å². The second kappa shape index (κ2) is 7.98. The number of nitrogens with zero attached hydrogens (tertiary/aromatic N) is 2. The Balaban J connectivity index is 1.64. The average Bonchev–Trinajstić information content (AvgIpc) is 2.68. The third-order valence-electron chi connectivity index (χ3n) is 4.43. The Hall–Kier alpha value is -2.91. The first-order valence-corrected chi connectivity index (χ1v) is 8.49. The third kappa shape index (κ3) is 4.19. The molecule has 6 heteroatoms. The highest BCUT2D eigenvalue weighted by Gasteiger charge is 2.26. The molecule has 0 radical (unpaired) electrons. The van der Waals surface area contributed by atoms with Crippen LogP contribution in [0.3, 0.4) is 0 Å². The summed E-state index contributed by atoms with van der Waals surface area (Å²) in [4.78, 5) is 14.3. The lowest BCUT2D eigenvalue weighted by molar-refractivity contribution is -0.0158. The zero-order chi connectivity index (χ0) is 18.5. The summed E-state index contributed by atoms with van der Waals surface area (Å²) < 4.78 is 19.1. The van der Waals surface area contributed by atoms with Crippen LogP contribution in [-0.2, 0) is 4.74 Å². The van der Waals surface area contributed by atoms with Crippen molar-refractivity contribution in [2.75, 3.05) is 19.7 Å². The van der Waals surface area contributed by atoms with Crippen LogP contribution in [0.5, 0.6) is 0 Å². The van der Waals surface area contributed by atoms with Crippen molar-refractivity contribution in [3.05, 3.63) is 71.0 Å². The number of ether oxygens (including phenoxy) is 1. The smallest absolute Gasteiger partial charge is 0.318 e. The summed E-state index contributed by atoms with van der Waals surface area (Å²) in [7, 11) is 0. The second-order valence-corrected chi connectivity index (χ2v) is 6.27. The van der Waals surface area contributed by atoms with Gasteiger partial charge in [-0.25, -0.2) is 9.18 Å². The van der Waals surface area contributed by atoms with Gasteiger partial charge in [0.2, 0.25) is 0 Å². The van der Waals surface area contributed by atoms with Crippen LogP contribution in [0.25, 0.3) is 0 Å². The van der Waals surface area contributed by atoms with E-state index in [2.05, 4.69) is 11.4 Å². The van der Waals surface area contributed by atoms with Gasteiger partial charge in [0.1, 0.15) is 11.9 Å². The van der Waals surface area contributed by atoms with Gasteiger partial charge in [0.05, 0.1) is 30.8 Å². The van der Waals surface area contributed by atoms with Crippen LogP contribution in [0.15, 0.2) is 48.5 Å². The number of hydrogen-bond donors (Lipinski definition) is 1. The molecule has 1 aliphatic heterocycles. The van der Waals surface area contributed by atoms with E-state index in [1.165, 1.54) is 12.1 Å². The Morgan fingerprint density at radius 1 is 1.35 bits per heavy atom. The van der Waals surface area contributed by atoms with Gasteiger partial charge in [-0.05, 0) is 42.3 Å². The number of carbonyl (C=O) groups excluding carboxylic acids is 1. The number of carbonyl (C=O) groups is 1. The molecule has 0 aromatic heterocycles. The first-order chi connectivity index (χ1) is 12.6. The van der Waals surface area contributed by atoms with Gasteiger partial charge in [-0.15, -0.1) is 0 Å². The van der Waals surface area contributed by atoms with Crippen molar-refractivity contribution < 1.29 is 13.9 Å². The Morgan fingerprint density at radius 3 is 2.92 bits per heavy atom. The maximum atomic E-state index is 13.4. The molecule has 134 valence electrons. The Labute approximate surface area is 152 Å². The van der Waals surface area contributed by atoms with Crippen molar-refractivity contribution in [1.29, 1.82) is 5.26 Å². The monoisotopic (exact) mass is 353 g/mol. The summed E-state index contributed by atoms with van der Waals surface area (Å²) in [5.74, 6) is -0.321. The van der Waals surface area contributed by atoms with Crippen LogP contribution >= 0.6 is 0 Å². The molecule has 2 amide bonds. The molecule has 0 unspecified atom stereocenters. The maximum absolute atomic E-state index is 13.4. The van der Waals surface area contributed by atoms with Crippen LogP contribution in [0.2, 0.25) is 0 Å². The molecule has 26 heavy (non-hydrogen) atoms. The molecule has 1 heterocycles. The molecule has 2 atom stereocenters. The van der Waals surface area contributed by atoms with E-state index in [0.29, 0.717) is 25.3 Å². The topological polar surface area (TPSA) is 65.4 Å². The number of urea groups is 1. The number of nitrogens with one attached hydrogen (secondary N) is 1. The third-order valence-corrected chi connectivity index (χ3v) is 4.43. The number of rotatable bonds is 3. The Morgan fingerprint density at radius 2 is 2.15 bits per heavy atom. The Kier molecular flexibility index (Phi) is 5.49. The zero-order valence-electron chi connectivity index (χ0n) is 14.5. The van der Waals surface area contributed by atoms with E-state index in [-0.39, 0.29) is 24.0 Å². The lowest BCUT2D eigenvalue weighted by Crippen LogP contribution is -2.47. The van der Waals surface area contributed by atoms with Crippen molar-refractivity contribution in [2.24, 2.45) is 0 Å². The molecular formula is C20H20FN3O2. The van der Waals surface area contributed by atoms with Crippen molar-refractivity contribution in [2.45, 2.75) is 19.1 Å². The van der Waals surface area contributed by atoms with Gasteiger partial charge >= 0.3 is 6.03 Å². The normalized spacial score (nSPS) is 18.0. The fraction of sp³-hybridized carbons (Fsp3) is 0.300. The van der Waals surface area contributed by atoms with Crippen molar-refractivity contribution >= 4 is 6.03 Å².